The van der Waals surface area contributed by atoms with Crippen LogP contribution in [0, 0.1) is 6.92 Å². The summed E-state index contributed by atoms with van der Waals surface area (Å²) < 4.78 is 7.28. The molecule has 0 fully saturated rings. The van der Waals surface area contributed by atoms with Gasteiger partial charge < -0.3 is 14.7 Å². The Balaban J connectivity index is 1.48. The molecule has 0 amide bonds. The van der Waals surface area contributed by atoms with Gasteiger partial charge in [-0.3, -0.25) is 4.90 Å². The zero-order valence-electron chi connectivity index (χ0n) is 21.7. The molecule has 7 rings (SSSR count). The van der Waals surface area contributed by atoms with Crippen molar-refractivity contribution in [2.45, 2.75) is 19.5 Å². The number of methoxy groups -OCH3 is 1. The summed E-state index contributed by atoms with van der Waals surface area (Å²) in [5, 5.41) is 15.8. The summed E-state index contributed by atoms with van der Waals surface area (Å²) in [5.74, 6) is 2.15. The van der Waals surface area contributed by atoms with Crippen LogP contribution in [0.5, 0.6) is 11.5 Å². The minimum atomic E-state index is -0.260. The Kier molecular flexibility index (Phi) is 5.37. The number of aliphatic imine (C=N–C) groups is 1. The highest BCUT2D eigenvalue weighted by molar-refractivity contribution is 6.18. The predicted molar refractivity (Wildman–Crippen MR) is 153 cm³/mol. The number of benzene rings is 4. The van der Waals surface area contributed by atoms with Crippen molar-refractivity contribution in [1.29, 1.82) is 0 Å². The van der Waals surface area contributed by atoms with Gasteiger partial charge in [-0.25, -0.2) is 4.68 Å². The molecule has 2 aliphatic heterocycles. The maximum absolute atomic E-state index is 10.8. The van der Waals surface area contributed by atoms with Crippen molar-refractivity contribution in [2.75, 3.05) is 16.9 Å². The SMILES string of the molecule is COc1ccc([C@@H]2c3c(C)nn(-c4ccccc4)c3N=C3N(Cc4ccccc4)c4ccccc4N32)cc1O. The number of aromatic nitrogens is 2. The van der Waals surface area contributed by atoms with Crippen LogP contribution >= 0.6 is 0 Å². The number of anilines is 2. The maximum atomic E-state index is 10.8. The zero-order chi connectivity index (χ0) is 26.5. The van der Waals surface area contributed by atoms with E-state index in [2.05, 4.69) is 58.3 Å². The van der Waals surface area contributed by atoms with E-state index in [0.717, 1.165) is 45.7 Å². The van der Waals surface area contributed by atoms with E-state index in [4.69, 9.17) is 14.8 Å². The number of ether oxygens (including phenoxy) is 1. The van der Waals surface area contributed by atoms with Crippen LogP contribution in [0.15, 0.2) is 108 Å². The van der Waals surface area contributed by atoms with Gasteiger partial charge in [0.25, 0.3) is 0 Å². The third-order valence-corrected chi connectivity index (χ3v) is 7.41. The van der Waals surface area contributed by atoms with Gasteiger partial charge in [0, 0.05) is 5.56 Å². The molecule has 0 bridgehead atoms. The normalized spacial score (nSPS) is 15.4. The van der Waals surface area contributed by atoms with E-state index in [-0.39, 0.29) is 11.8 Å². The molecule has 39 heavy (non-hydrogen) atoms. The molecule has 5 aromatic rings. The highest BCUT2D eigenvalue weighted by Crippen LogP contribution is 2.51. The Morgan fingerprint density at radius 1 is 0.846 bits per heavy atom. The third-order valence-electron chi connectivity index (χ3n) is 7.41. The van der Waals surface area contributed by atoms with E-state index >= 15 is 0 Å². The number of fused-ring (bicyclic) bond motifs is 4. The van der Waals surface area contributed by atoms with Gasteiger partial charge in [-0.1, -0.05) is 66.7 Å². The number of rotatable bonds is 5. The van der Waals surface area contributed by atoms with Crippen molar-refractivity contribution in [3.63, 3.8) is 0 Å². The lowest BCUT2D eigenvalue weighted by Crippen LogP contribution is -2.42. The Hall–Kier alpha value is -5.04. The average Bonchev–Trinajstić information content (AvgIpc) is 3.47. The number of nitrogens with zero attached hydrogens (tertiary/aromatic N) is 5. The summed E-state index contributed by atoms with van der Waals surface area (Å²) in [6, 6.07) is 34.3. The number of para-hydroxylation sites is 3. The van der Waals surface area contributed by atoms with Gasteiger partial charge in [0.2, 0.25) is 5.96 Å². The van der Waals surface area contributed by atoms with Crippen molar-refractivity contribution in [2.24, 2.45) is 4.99 Å². The Morgan fingerprint density at radius 2 is 1.54 bits per heavy atom. The van der Waals surface area contributed by atoms with Crippen molar-refractivity contribution in [1.82, 2.24) is 9.78 Å². The average molecular weight is 514 g/mol. The van der Waals surface area contributed by atoms with Crippen molar-refractivity contribution in [3.05, 3.63) is 126 Å². The van der Waals surface area contributed by atoms with Crippen molar-refractivity contribution < 1.29 is 9.84 Å². The van der Waals surface area contributed by atoms with E-state index in [9.17, 15) is 5.11 Å². The molecule has 7 nitrogen and oxygen atoms in total. The second kappa shape index (κ2) is 9.06. The van der Waals surface area contributed by atoms with Crippen molar-refractivity contribution >= 4 is 23.2 Å². The number of guanidine groups is 1. The second-order valence-corrected chi connectivity index (χ2v) is 9.75. The molecule has 3 heterocycles. The molecule has 0 spiro atoms. The fourth-order valence-electron chi connectivity index (χ4n) is 5.65. The van der Waals surface area contributed by atoms with Crippen molar-refractivity contribution in [3.8, 4) is 17.2 Å². The predicted octanol–water partition coefficient (Wildman–Crippen LogP) is 6.51. The van der Waals surface area contributed by atoms with Gasteiger partial charge >= 0.3 is 0 Å². The fraction of sp³-hybridized carbons (Fsp3) is 0.125. The van der Waals surface area contributed by atoms with Crippen LogP contribution in [-0.2, 0) is 6.54 Å². The molecular formula is C32H27N5O2. The minimum Gasteiger partial charge on any atom is -0.504 e. The fourth-order valence-corrected chi connectivity index (χ4v) is 5.65. The number of hydrogen-bond acceptors (Lipinski definition) is 6. The highest BCUT2D eigenvalue weighted by Gasteiger charge is 2.44. The van der Waals surface area contributed by atoms with Gasteiger partial charge in [0.1, 0.15) is 0 Å². The first kappa shape index (κ1) is 23.1. The summed E-state index contributed by atoms with van der Waals surface area (Å²) in [4.78, 5) is 9.85. The van der Waals surface area contributed by atoms with E-state index in [1.807, 2.05) is 60.1 Å². The largest absolute Gasteiger partial charge is 0.504 e. The number of aromatic hydroxyl groups is 1. The third kappa shape index (κ3) is 3.66. The molecule has 4 aromatic carbocycles. The Morgan fingerprint density at radius 3 is 2.26 bits per heavy atom. The molecule has 0 radical (unpaired) electrons. The quantitative estimate of drug-likeness (QED) is 0.290. The molecule has 0 aliphatic carbocycles. The molecule has 0 saturated carbocycles. The highest BCUT2D eigenvalue weighted by atomic mass is 16.5. The van der Waals surface area contributed by atoms with Crippen LogP contribution in [0.3, 0.4) is 0 Å². The number of phenolic OH excluding ortho intramolecular Hbond substituents is 1. The van der Waals surface area contributed by atoms with Gasteiger partial charge in [0.15, 0.2) is 17.3 Å². The smallest absolute Gasteiger partial charge is 0.213 e. The van der Waals surface area contributed by atoms with Crippen LogP contribution in [0.25, 0.3) is 5.69 Å². The molecule has 0 unspecified atom stereocenters. The standard InChI is InChI=1S/C32H27N5O2/c1-21-29-30(23-17-18-28(39-2)27(38)19-23)36-26-16-10-9-15-25(26)35(20-22-11-5-3-6-12-22)32(36)33-31(29)37(34-21)24-13-7-4-8-14-24/h3-19,30,38H,20H2,1-2H3/t30-/m1/s1. The molecule has 1 atom stereocenters. The molecule has 0 saturated heterocycles. The maximum Gasteiger partial charge on any atom is 0.213 e. The minimum absolute atomic E-state index is 0.0994. The number of aryl methyl sites for hydroxylation is 1. The molecule has 1 N–H and O–H groups in total. The summed E-state index contributed by atoms with van der Waals surface area (Å²) in [6.07, 6.45) is 0. The lowest BCUT2D eigenvalue weighted by Gasteiger charge is -2.35. The zero-order valence-corrected chi connectivity index (χ0v) is 21.7. The van der Waals surface area contributed by atoms with Crippen LogP contribution < -0.4 is 14.5 Å². The Labute approximate surface area is 226 Å². The molecule has 2 aliphatic rings. The van der Waals surface area contributed by atoms with Gasteiger partial charge in [0.05, 0.1) is 42.5 Å². The van der Waals surface area contributed by atoms with E-state index < -0.39 is 0 Å². The van der Waals surface area contributed by atoms with Crippen LogP contribution in [0.2, 0.25) is 0 Å². The van der Waals surface area contributed by atoms with E-state index in [0.29, 0.717) is 12.3 Å². The van der Waals surface area contributed by atoms with Gasteiger partial charge in [-0.2, -0.15) is 10.1 Å². The molecular weight excluding hydrogens is 486 g/mol. The summed E-state index contributed by atoms with van der Waals surface area (Å²) in [6.45, 7) is 2.69. The lowest BCUT2D eigenvalue weighted by atomic mass is 9.95. The monoisotopic (exact) mass is 513 g/mol. The van der Waals surface area contributed by atoms with Crippen LogP contribution in [-0.4, -0.2) is 28.0 Å². The summed E-state index contributed by atoms with van der Waals surface area (Å²) in [7, 11) is 1.56. The van der Waals surface area contributed by atoms with Crippen LogP contribution in [0.1, 0.15) is 28.4 Å². The molecule has 1 aromatic heterocycles. The first-order chi connectivity index (χ1) is 19.1. The lowest BCUT2D eigenvalue weighted by molar-refractivity contribution is 0.373. The van der Waals surface area contributed by atoms with Crippen LogP contribution in [0.4, 0.5) is 17.2 Å². The summed E-state index contributed by atoms with van der Waals surface area (Å²) >= 11 is 0. The first-order valence-corrected chi connectivity index (χ1v) is 12.9. The molecule has 7 heteroatoms. The second-order valence-electron chi connectivity index (χ2n) is 9.75. The number of hydrogen-bond donors (Lipinski definition) is 1. The van der Waals surface area contributed by atoms with E-state index in [1.165, 1.54) is 5.56 Å². The van der Waals surface area contributed by atoms with Gasteiger partial charge in [-0.15, -0.1) is 0 Å². The number of phenols is 1. The summed E-state index contributed by atoms with van der Waals surface area (Å²) in [5.41, 5.74) is 7.10. The molecule has 192 valence electrons. The Bertz CT molecular complexity index is 1710. The van der Waals surface area contributed by atoms with Gasteiger partial charge in [-0.05, 0) is 54.4 Å². The first-order valence-electron chi connectivity index (χ1n) is 12.9. The van der Waals surface area contributed by atoms with E-state index in [1.54, 1.807) is 13.2 Å². The topological polar surface area (TPSA) is 66.1 Å².